The lowest BCUT2D eigenvalue weighted by Crippen LogP contribution is -2.43. The predicted molar refractivity (Wildman–Crippen MR) is 52.3 cm³/mol. The van der Waals surface area contributed by atoms with E-state index in [1.807, 2.05) is 13.8 Å². The average molecular weight is 198 g/mol. The normalized spacial score (nSPS) is 15.1. The van der Waals surface area contributed by atoms with Gasteiger partial charge in [0, 0.05) is 0 Å². The topological polar surface area (TPSA) is 45.1 Å². The number of hydrogen-bond donors (Lipinski definition) is 2. The molecule has 0 aliphatic carbocycles. The van der Waals surface area contributed by atoms with Crippen LogP contribution in [0.15, 0.2) is 18.3 Å². The Kier molecular flexibility index (Phi) is 3.55. The second-order valence-corrected chi connectivity index (χ2v) is 3.38. The first kappa shape index (κ1) is 11.1. The molecular weight excluding hydrogens is 183 g/mol. The summed E-state index contributed by atoms with van der Waals surface area (Å²) in [7, 11) is 0. The molecule has 0 saturated heterocycles. The fraction of sp³-hybridized carbons (Fsp3) is 0.500. The number of aliphatic hydroxyl groups excluding tert-OH is 1. The van der Waals surface area contributed by atoms with Gasteiger partial charge < -0.3 is 10.4 Å². The largest absolute Gasteiger partial charge is 0.394 e. The molecule has 1 aromatic heterocycles. The number of likely N-dealkylation sites (N-methyl/N-ethyl adjacent to an activating group) is 1. The summed E-state index contributed by atoms with van der Waals surface area (Å²) in [4.78, 5) is 3.94. The van der Waals surface area contributed by atoms with Crippen LogP contribution in [0, 0.1) is 5.82 Å². The Morgan fingerprint density at radius 3 is 2.71 bits per heavy atom. The highest BCUT2D eigenvalue weighted by Gasteiger charge is 2.25. The number of nitrogens with one attached hydrogen (secondary N) is 1. The van der Waals surface area contributed by atoms with Gasteiger partial charge in [0.15, 0.2) is 0 Å². The lowest BCUT2D eigenvalue weighted by atomic mass is 9.98. The molecule has 0 saturated carbocycles. The van der Waals surface area contributed by atoms with Gasteiger partial charge in [-0.1, -0.05) is 6.92 Å². The van der Waals surface area contributed by atoms with Crippen molar-refractivity contribution in [3.05, 3.63) is 29.8 Å². The molecule has 1 rings (SSSR count). The molecule has 0 aliphatic heterocycles. The average Bonchev–Trinajstić information content (AvgIpc) is 2.19. The molecule has 2 N–H and O–H groups in total. The van der Waals surface area contributed by atoms with Gasteiger partial charge in [0.25, 0.3) is 0 Å². The van der Waals surface area contributed by atoms with Crippen molar-refractivity contribution in [2.24, 2.45) is 0 Å². The van der Waals surface area contributed by atoms with Gasteiger partial charge in [0.05, 0.1) is 24.0 Å². The maximum Gasteiger partial charge on any atom is 0.141 e. The van der Waals surface area contributed by atoms with Gasteiger partial charge in [0.2, 0.25) is 0 Å². The standard InChI is InChI=1S/C10H15FN2O/c1-3-13-10(2,7-14)9-5-4-8(11)6-12-9/h4-6,13-14H,3,7H2,1-2H3. The molecule has 0 aromatic carbocycles. The predicted octanol–water partition coefficient (Wildman–Crippen LogP) is 1.04. The molecule has 1 atom stereocenters. The van der Waals surface area contributed by atoms with Gasteiger partial charge >= 0.3 is 0 Å². The number of aliphatic hydroxyl groups is 1. The number of nitrogens with zero attached hydrogens (tertiary/aromatic N) is 1. The molecule has 3 nitrogen and oxygen atoms in total. The van der Waals surface area contributed by atoms with Crippen LogP contribution in [-0.4, -0.2) is 23.2 Å². The molecule has 78 valence electrons. The third kappa shape index (κ3) is 2.27. The monoisotopic (exact) mass is 198 g/mol. The van der Waals surface area contributed by atoms with Crippen molar-refractivity contribution in [3.8, 4) is 0 Å². The SMILES string of the molecule is CCNC(C)(CO)c1ccc(F)cn1. The lowest BCUT2D eigenvalue weighted by Gasteiger charge is -2.27. The Bertz CT molecular complexity index is 289. The fourth-order valence-electron chi connectivity index (χ4n) is 1.32. The molecule has 0 aliphatic rings. The van der Waals surface area contributed by atoms with E-state index < -0.39 is 5.54 Å². The summed E-state index contributed by atoms with van der Waals surface area (Å²) in [5, 5.41) is 12.4. The molecule has 1 heterocycles. The van der Waals surface area contributed by atoms with E-state index in [2.05, 4.69) is 10.3 Å². The van der Waals surface area contributed by atoms with Crippen LogP contribution >= 0.6 is 0 Å². The molecule has 14 heavy (non-hydrogen) atoms. The van der Waals surface area contributed by atoms with Crippen LogP contribution in [0.5, 0.6) is 0 Å². The zero-order valence-electron chi connectivity index (χ0n) is 8.42. The summed E-state index contributed by atoms with van der Waals surface area (Å²) in [6.07, 6.45) is 1.15. The summed E-state index contributed by atoms with van der Waals surface area (Å²) in [5.74, 6) is -0.370. The zero-order valence-corrected chi connectivity index (χ0v) is 8.42. The van der Waals surface area contributed by atoms with Crippen LogP contribution in [0.25, 0.3) is 0 Å². The van der Waals surface area contributed by atoms with Crippen molar-refractivity contribution in [1.29, 1.82) is 0 Å². The Hall–Kier alpha value is -1.00. The lowest BCUT2D eigenvalue weighted by molar-refractivity contribution is 0.173. The Labute approximate surface area is 83.0 Å². The Morgan fingerprint density at radius 1 is 1.57 bits per heavy atom. The third-order valence-corrected chi connectivity index (χ3v) is 2.18. The van der Waals surface area contributed by atoms with E-state index in [1.165, 1.54) is 6.07 Å². The van der Waals surface area contributed by atoms with Crippen molar-refractivity contribution in [2.45, 2.75) is 19.4 Å². The number of pyridine rings is 1. The molecule has 0 spiro atoms. The van der Waals surface area contributed by atoms with Gasteiger partial charge in [-0.05, 0) is 25.6 Å². The molecule has 0 radical (unpaired) electrons. The van der Waals surface area contributed by atoms with Crippen molar-refractivity contribution in [1.82, 2.24) is 10.3 Å². The molecule has 1 unspecified atom stereocenters. The molecule has 4 heteroatoms. The van der Waals surface area contributed by atoms with Gasteiger partial charge in [-0.25, -0.2) is 4.39 Å². The zero-order chi connectivity index (χ0) is 10.6. The number of rotatable bonds is 4. The Morgan fingerprint density at radius 2 is 2.29 bits per heavy atom. The maximum absolute atomic E-state index is 12.6. The molecule has 1 aromatic rings. The first-order chi connectivity index (χ1) is 6.62. The summed E-state index contributed by atoms with van der Waals surface area (Å²) < 4.78 is 12.6. The first-order valence-electron chi connectivity index (χ1n) is 4.60. The van der Waals surface area contributed by atoms with Crippen LogP contribution in [0.4, 0.5) is 4.39 Å². The van der Waals surface area contributed by atoms with Gasteiger partial charge in [-0.2, -0.15) is 0 Å². The second kappa shape index (κ2) is 4.48. The molecular formula is C10H15FN2O. The van der Waals surface area contributed by atoms with Crippen molar-refractivity contribution < 1.29 is 9.50 Å². The van der Waals surface area contributed by atoms with Gasteiger partial charge in [-0.3, -0.25) is 4.98 Å². The van der Waals surface area contributed by atoms with E-state index in [1.54, 1.807) is 6.07 Å². The van der Waals surface area contributed by atoms with Gasteiger partial charge in [-0.15, -0.1) is 0 Å². The summed E-state index contributed by atoms with van der Waals surface area (Å²) in [6, 6.07) is 2.92. The third-order valence-electron chi connectivity index (χ3n) is 2.18. The van der Waals surface area contributed by atoms with Crippen molar-refractivity contribution in [2.75, 3.05) is 13.2 Å². The summed E-state index contributed by atoms with van der Waals surface area (Å²) >= 11 is 0. The Balaban J connectivity index is 2.94. The van der Waals surface area contributed by atoms with E-state index in [9.17, 15) is 9.50 Å². The quantitative estimate of drug-likeness (QED) is 0.759. The maximum atomic E-state index is 12.6. The molecule has 0 fully saturated rings. The number of hydrogen-bond acceptors (Lipinski definition) is 3. The second-order valence-electron chi connectivity index (χ2n) is 3.38. The van der Waals surface area contributed by atoms with Crippen molar-refractivity contribution in [3.63, 3.8) is 0 Å². The van der Waals surface area contributed by atoms with Gasteiger partial charge in [0.1, 0.15) is 5.82 Å². The van der Waals surface area contributed by atoms with E-state index in [0.717, 1.165) is 12.7 Å². The van der Waals surface area contributed by atoms with Crippen LogP contribution in [0.1, 0.15) is 19.5 Å². The highest BCUT2D eigenvalue weighted by atomic mass is 19.1. The smallest absolute Gasteiger partial charge is 0.141 e. The van der Waals surface area contributed by atoms with Crippen molar-refractivity contribution >= 4 is 0 Å². The minimum Gasteiger partial charge on any atom is -0.394 e. The van der Waals surface area contributed by atoms with Crippen LogP contribution in [0.2, 0.25) is 0 Å². The van der Waals surface area contributed by atoms with E-state index in [0.29, 0.717) is 5.69 Å². The van der Waals surface area contributed by atoms with Crippen LogP contribution in [0.3, 0.4) is 0 Å². The highest BCUT2D eigenvalue weighted by Crippen LogP contribution is 2.17. The molecule has 0 amide bonds. The van der Waals surface area contributed by atoms with E-state index in [4.69, 9.17) is 0 Å². The first-order valence-corrected chi connectivity index (χ1v) is 4.60. The number of aromatic nitrogens is 1. The van der Waals surface area contributed by atoms with E-state index in [-0.39, 0.29) is 12.4 Å². The number of halogens is 1. The van der Waals surface area contributed by atoms with Crippen LogP contribution in [-0.2, 0) is 5.54 Å². The minimum absolute atomic E-state index is 0.0700. The highest BCUT2D eigenvalue weighted by molar-refractivity contribution is 5.15. The van der Waals surface area contributed by atoms with E-state index >= 15 is 0 Å². The minimum atomic E-state index is -0.595. The summed E-state index contributed by atoms with van der Waals surface area (Å²) in [6.45, 7) is 4.42. The fourth-order valence-corrected chi connectivity index (χ4v) is 1.32. The molecule has 0 bridgehead atoms. The van der Waals surface area contributed by atoms with Crippen LogP contribution < -0.4 is 5.32 Å². The summed E-state index contributed by atoms with van der Waals surface area (Å²) in [5.41, 5.74) is 0.0471.